The Morgan fingerprint density at radius 1 is 1.16 bits per heavy atom. The number of H-pyrrole nitrogens is 1. The fraction of sp³-hybridized carbons (Fsp3) is 0.200. The maximum atomic E-state index is 10.3. The lowest BCUT2D eigenvalue weighted by Gasteiger charge is -2.19. The van der Waals surface area contributed by atoms with Crippen LogP contribution in [0.15, 0.2) is 71.0 Å². The first-order valence-electron chi connectivity index (χ1n) is 8.39. The average molecular weight is 333 g/mol. The summed E-state index contributed by atoms with van der Waals surface area (Å²) in [4.78, 5) is 12.7. The van der Waals surface area contributed by atoms with Crippen LogP contribution in [0.25, 0.3) is 16.6 Å². The number of nitrogens with zero attached hydrogens (tertiary/aromatic N) is 2. The minimum absolute atomic E-state index is 0.149. The number of hydrogen-bond donors (Lipinski definition) is 3. The highest BCUT2D eigenvalue weighted by Gasteiger charge is 2.23. The van der Waals surface area contributed by atoms with Crippen LogP contribution < -0.4 is 0 Å². The van der Waals surface area contributed by atoms with E-state index in [1.54, 1.807) is 12.2 Å². The number of benzene rings is 1. The SMILES string of the molecule is OC1=CCC(O)C=C1C1=NCCC=CC=C1c1nc2ccccc2[nH]1. The highest BCUT2D eigenvalue weighted by atomic mass is 16.3. The lowest BCUT2D eigenvalue weighted by molar-refractivity contribution is 0.221. The van der Waals surface area contributed by atoms with Crippen molar-refractivity contribution in [1.29, 1.82) is 0 Å². The van der Waals surface area contributed by atoms with Crippen LogP contribution >= 0.6 is 0 Å². The van der Waals surface area contributed by atoms with E-state index < -0.39 is 6.10 Å². The summed E-state index contributed by atoms with van der Waals surface area (Å²) in [6.45, 7) is 0.615. The summed E-state index contributed by atoms with van der Waals surface area (Å²) < 4.78 is 0. The Bertz CT molecular complexity index is 927. The maximum absolute atomic E-state index is 10.3. The molecule has 0 spiro atoms. The van der Waals surface area contributed by atoms with Gasteiger partial charge in [-0.1, -0.05) is 24.3 Å². The molecule has 2 aliphatic rings. The van der Waals surface area contributed by atoms with Crippen molar-refractivity contribution in [2.75, 3.05) is 6.54 Å². The minimum Gasteiger partial charge on any atom is -0.508 e. The Morgan fingerprint density at radius 2 is 2.04 bits per heavy atom. The van der Waals surface area contributed by atoms with Crippen LogP contribution in [0.4, 0.5) is 0 Å². The van der Waals surface area contributed by atoms with E-state index in [0.717, 1.165) is 23.0 Å². The van der Waals surface area contributed by atoms with E-state index in [2.05, 4.69) is 21.0 Å². The van der Waals surface area contributed by atoms with Crippen LogP contribution in [0.2, 0.25) is 0 Å². The standard InChI is InChI=1S/C20H19N3O2/c24-13-9-10-18(25)15(12-13)19-14(6-2-1-5-11-21-19)20-22-16-7-3-4-8-17(16)23-20/h1-4,6-8,10,12-13,24-25H,5,9,11H2,(H,22,23). The zero-order chi connectivity index (χ0) is 17.2. The van der Waals surface area contributed by atoms with Gasteiger partial charge >= 0.3 is 0 Å². The molecule has 2 heterocycles. The zero-order valence-corrected chi connectivity index (χ0v) is 13.7. The molecule has 1 aliphatic carbocycles. The van der Waals surface area contributed by atoms with Crippen molar-refractivity contribution < 1.29 is 10.2 Å². The van der Waals surface area contributed by atoms with Crippen molar-refractivity contribution in [2.45, 2.75) is 18.9 Å². The molecule has 1 aliphatic heterocycles. The van der Waals surface area contributed by atoms with Crippen LogP contribution in [0.3, 0.4) is 0 Å². The van der Waals surface area contributed by atoms with Crippen molar-refractivity contribution in [3.63, 3.8) is 0 Å². The van der Waals surface area contributed by atoms with Gasteiger partial charge in [-0.15, -0.1) is 0 Å². The molecule has 0 radical (unpaired) electrons. The molecular formula is C20H19N3O2. The molecule has 126 valence electrons. The van der Waals surface area contributed by atoms with Gasteiger partial charge in [0, 0.05) is 17.7 Å². The monoisotopic (exact) mass is 333 g/mol. The van der Waals surface area contributed by atoms with E-state index >= 15 is 0 Å². The van der Waals surface area contributed by atoms with Crippen molar-refractivity contribution >= 4 is 22.3 Å². The van der Waals surface area contributed by atoms with Crippen LogP contribution in [-0.4, -0.2) is 38.5 Å². The van der Waals surface area contributed by atoms with Crippen LogP contribution in [0.1, 0.15) is 18.7 Å². The quantitative estimate of drug-likeness (QED) is 0.787. The van der Waals surface area contributed by atoms with E-state index in [-0.39, 0.29) is 5.76 Å². The molecule has 4 rings (SSSR count). The summed E-state index contributed by atoms with van der Waals surface area (Å²) in [5.41, 5.74) is 3.83. The highest BCUT2D eigenvalue weighted by Crippen LogP contribution is 2.28. The first kappa shape index (κ1) is 15.6. The Balaban J connectivity index is 1.85. The Labute approximate surface area is 145 Å². The number of rotatable bonds is 2. The molecule has 2 aromatic rings. The summed E-state index contributed by atoms with van der Waals surface area (Å²) in [5.74, 6) is 0.843. The number of hydrogen-bond acceptors (Lipinski definition) is 4. The van der Waals surface area contributed by atoms with E-state index in [1.807, 2.05) is 36.4 Å². The summed E-state index contributed by atoms with van der Waals surface area (Å²) in [7, 11) is 0. The summed E-state index contributed by atoms with van der Waals surface area (Å²) in [6.07, 6.45) is 9.90. The van der Waals surface area contributed by atoms with Gasteiger partial charge in [0.1, 0.15) is 11.6 Å². The molecule has 1 atom stereocenters. The first-order valence-corrected chi connectivity index (χ1v) is 8.39. The molecule has 5 heteroatoms. The Hall–Kier alpha value is -2.92. The number of aromatic amines is 1. The number of imidazole rings is 1. The highest BCUT2D eigenvalue weighted by molar-refractivity contribution is 6.33. The number of aromatic nitrogens is 2. The minimum atomic E-state index is -0.619. The third kappa shape index (κ3) is 3.06. The number of nitrogens with one attached hydrogen (secondary N) is 1. The molecule has 3 N–H and O–H groups in total. The zero-order valence-electron chi connectivity index (χ0n) is 13.7. The largest absolute Gasteiger partial charge is 0.508 e. The van der Waals surface area contributed by atoms with Crippen LogP contribution in [0, 0.1) is 0 Å². The van der Waals surface area contributed by atoms with E-state index in [9.17, 15) is 10.2 Å². The van der Waals surface area contributed by atoms with Gasteiger partial charge in [-0.25, -0.2) is 4.98 Å². The van der Waals surface area contributed by atoms with Gasteiger partial charge in [0.25, 0.3) is 0 Å². The normalized spacial score (nSPS) is 21.1. The number of aliphatic hydroxyl groups is 2. The number of fused-ring (bicyclic) bond motifs is 1. The van der Waals surface area contributed by atoms with Crippen LogP contribution in [0.5, 0.6) is 0 Å². The average Bonchev–Trinajstić information content (AvgIpc) is 3.01. The molecule has 0 fully saturated rings. The predicted octanol–water partition coefficient (Wildman–Crippen LogP) is 3.48. The summed E-state index contributed by atoms with van der Waals surface area (Å²) in [5, 5.41) is 20.3. The van der Waals surface area contributed by atoms with Gasteiger partial charge in [0.15, 0.2) is 0 Å². The third-order valence-electron chi connectivity index (χ3n) is 4.31. The molecule has 1 aromatic heterocycles. The van der Waals surface area contributed by atoms with E-state index in [1.165, 1.54) is 0 Å². The first-order chi connectivity index (χ1) is 12.2. The lowest BCUT2D eigenvalue weighted by atomic mass is 9.93. The second-order valence-corrected chi connectivity index (χ2v) is 6.10. The topological polar surface area (TPSA) is 81.5 Å². The van der Waals surface area contributed by atoms with Crippen molar-refractivity contribution in [3.05, 3.63) is 71.8 Å². The van der Waals surface area contributed by atoms with Gasteiger partial charge in [0.2, 0.25) is 0 Å². The Kier molecular flexibility index (Phi) is 4.07. The molecule has 1 aromatic carbocycles. The summed E-state index contributed by atoms with van der Waals surface area (Å²) in [6, 6.07) is 7.83. The van der Waals surface area contributed by atoms with Gasteiger partial charge in [0.05, 0.1) is 22.8 Å². The molecular weight excluding hydrogens is 314 g/mol. The van der Waals surface area contributed by atoms with Gasteiger partial charge in [-0.05, 0) is 43.2 Å². The summed E-state index contributed by atoms with van der Waals surface area (Å²) >= 11 is 0. The molecule has 1 unspecified atom stereocenters. The van der Waals surface area contributed by atoms with Gasteiger partial charge in [-0.2, -0.15) is 0 Å². The van der Waals surface area contributed by atoms with Gasteiger partial charge in [-0.3, -0.25) is 4.99 Å². The smallest absolute Gasteiger partial charge is 0.140 e. The van der Waals surface area contributed by atoms with Crippen molar-refractivity contribution in [3.8, 4) is 0 Å². The van der Waals surface area contributed by atoms with Crippen LogP contribution in [-0.2, 0) is 0 Å². The fourth-order valence-electron chi connectivity index (χ4n) is 3.07. The molecule has 0 saturated carbocycles. The maximum Gasteiger partial charge on any atom is 0.140 e. The fourth-order valence-corrected chi connectivity index (χ4v) is 3.07. The Morgan fingerprint density at radius 3 is 2.92 bits per heavy atom. The van der Waals surface area contributed by atoms with Gasteiger partial charge < -0.3 is 15.2 Å². The molecule has 0 saturated heterocycles. The number of para-hydroxylation sites is 2. The molecule has 5 nitrogen and oxygen atoms in total. The second-order valence-electron chi connectivity index (χ2n) is 6.10. The molecule has 0 bridgehead atoms. The molecule has 25 heavy (non-hydrogen) atoms. The third-order valence-corrected chi connectivity index (χ3v) is 4.31. The van der Waals surface area contributed by atoms with E-state index in [0.29, 0.717) is 30.1 Å². The number of aliphatic hydroxyl groups excluding tert-OH is 2. The van der Waals surface area contributed by atoms with Crippen molar-refractivity contribution in [1.82, 2.24) is 9.97 Å². The lowest BCUT2D eigenvalue weighted by Crippen LogP contribution is -2.17. The second kappa shape index (κ2) is 6.53. The number of allylic oxidation sites excluding steroid dienone is 4. The molecule has 0 amide bonds. The van der Waals surface area contributed by atoms with E-state index in [4.69, 9.17) is 0 Å². The van der Waals surface area contributed by atoms with Crippen molar-refractivity contribution in [2.24, 2.45) is 4.99 Å². The predicted molar refractivity (Wildman–Crippen MR) is 99.5 cm³/mol. The number of aliphatic imine (C=N–C) groups is 1.